The van der Waals surface area contributed by atoms with E-state index < -0.39 is 0 Å². The van der Waals surface area contributed by atoms with Gasteiger partial charge in [0.05, 0.1) is 5.69 Å². The molecule has 0 spiro atoms. The number of hydrogen-bond acceptors (Lipinski definition) is 2. The van der Waals surface area contributed by atoms with Crippen LogP contribution in [-0.2, 0) is 19.0 Å². The second-order valence-electron chi connectivity index (χ2n) is 5.79. The average Bonchev–Trinajstić information content (AvgIpc) is 2.70. The predicted molar refractivity (Wildman–Crippen MR) is 88.4 cm³/mol. The lowest BCUT2D eigenvalue weighted by Crippen LogP contribution is -2.16. The highest BCUT2D eigenvalue weighted by atomic mass is 127. The van der Waals surface area contributed by atoms with Crippen molar-refractivity contribution in [1.29, 1.82) is 0 Å². The molecule has 0 atom stereocenters. The Morgan fingerprint density at radius 1 is 1.21 bits per heavy atom. The molecule has 2 rings (SSSR count). The Morgan fingerprint density at radius 3 is 2.42 bits per heavy atom. The van der Waals surface area contributed by atoms with Crippen molar-refractivity contribution in [3.8, 4) is 0 Å². The standard InChI is InChI=1S/C15H20IN3/c1-15(2,3)14-11(10-19(4)18-14)9-17-13-7-5-12(16)6-8-13/h5-8,10,17H,9H2,1-4H3. The maximum Gasteiger partial charge on any atom is 0.0727 e. The van der Waals surface area contributed by atoms with Gasteiger partial charge in [0.2, 0.25) is 0 Å². The highest BCUT2D eigenvalue weighted by Gasteiger charge is 2.21. The number of nitrogens with one attached hydrogen (secondary N) is 1. The highest BCUT2D eigenvalue weighted by Crippen LogP contribution is 2.24. The lowest BCUT2D eigenvalue weighted by molar-refractivity contribution is 0.549. The minimum Gasteiger partial charge on any atom is -0.381 e. The highest BCUT2D eigenvalue weighted by molar-refractivity contribution is 14.1. The van der Waals surface area contributed by atoms with Gasteiger partial charge in [-0.2, -0.15) is 5.10 Å². The lowest BCUT2D eigenvalue weighted by Gasteiger charge is -2.17. The Kier molecular flexibility index (Phi) is 4.18. The van der Waals surface area contributed by atoms with E-state index in [1.165, 1.54) is 9.13 Å². The second kappa shape index (κ2) is 5.53. The molecule has 0 radical (unpaired) electrons. The van der Waals surface area contributed by atoms with Crippen molar-refractivity contribution in [3.63, 3.8) is 0 Å². The third-order valence-electron chi connectivity index (χ3n) is 2.94. The van der Waals surface area contributed by atoms with Gasteiger partial charge in [0.15, 0.2) is 0 Å². The number of anilines is 1. The van der Waals surface area contributed by atoms with E-state index in [9.17, 15) is 0 Å². The minimum absolute atomic E-state index is 0.0737. The van der Waals surface area contributed by atoms with Gasteiger partial charge in [-0.25, -0.2) is 0 Å². The Bertz CT molecular complexity index is 550. The van der Waals surface area contributed by atoms with Gasteiger partial charge in [-0.05, 0) is 46.9 Å². The first-order valence-electron chi connectivity index (χ1n) is 6.39. The normalized spacial score (nSPS) is 11.6. The van der Waals surface area contributed by atoms with Gasteiger partial charge < -0.3 is 5.32 Å². The van der Waals surface area contributed by atoms with Crippen LogP contribution in [0, 0.1) is 3.57 Å². The monoisotopic (exact) mass is 369 g/mol. The molecule has 2 aromatic rings. The van der Waals surface area contributed by atoms with Crippen molar-refractivity contribution in [2.45, 2.75) is 32.7 Å². The fourth-order valence-corrected chi connectivity index (χ4v) is 2.42. The molecule has 102 valence electrons. The van der Waals surface area contributed by atoms with Crippen LogP contribution in [0.2, 0.25) is 0 Å². The van der Waals surface area contributed by atoms with Crippen molar-refractivity contribution >= 4 is 28.3 Å². The van der Waals surface area contributed by atoms with E-state index in [1.807, 2.05) is 11.7 Å². The summed E-state index contributed by atoms with van der Waals surface area (Å²) in [7, 11) is 1.98. The molecule has 0 fully saturated rings. The van der Waals surface area contributed by atoms with Gasteiger partial charge in [-0.3, -0.25) is 4.68 Å². The smallest absolute Gasteiger partial charge is 0.0727 e. The van der Waals surface area contributed by atoms with Crippen LogP contribution in [0.5, 0.6) is 0 Å². The molecule has 3 nitrogen and oxygen atoms in total. The van der Waals surface area contributed by atoms with Crippen molar-refractivity contribution in [3.05, 3.63) is 45.3 Å². The van der Waals surface area contributed by atoms with Crippen molar-refractivity contribution in [2.75, 3.05) is 5.32 Å². The first-order valence-corrected chi connectivity index (χ1v) is 7.46. The number of hydrogen-bond donors (Lipinski definition) is 1. The quantitative estimate of drug-likeness (QED) is 0.831. The third kappa shape index (κ3) is 3.72. The second-order valence-corrected chi connectivity index (χ2v) is 7.03. The van der Waals surface area contributed by atoms with Crippen molar-refractivity contribution in [1.82, 2.24) is 9.78 Å². The fourth-order valence-electron chi connectivity index (χ4n) is 2.06. The van der Waals surface area contributed by atoms with Crippen LogP contribution in [0.4, 0.5) is 5.69 Å². The van der Waals surface area contributed by atoms with Gasteiger partial charge >= 0.3 is 0 Å². The SMILES string of the molecule is Cn1cc(CNc2ccc(I)cc2)c(C(C)(C)C)n1. The predicted octanol–water partition coefficient (Wildman–Crippen LogP) is 3.93. The van der Waals surface area contributed by atoms with Crippen molar-refractivity contribution < 1.29 is 0 Å². The Labute approximate surface area is 128 Å². The van der Waals surface area contributed by atoms with E-state index >= 15 is 0 Å². The Hall–Kier alpha value is -1.04. The zero-order valence-corrected chi connectivity index (χ0v) is 14.0. The molecule has 0 unspecified atom stereocenters. The molecule has 0 bridgehead atoms. The van der Waals surface area contributed by atoms with E-state index in [0.29, 0.717) is 0 Å². The van der Waals surface area contributed by atoms with E-state index in [2.05, 4.69) is 84.2 Å². The third-order valence-corrected chi connectivity index (χ3v) is 3.66. The molecule has 1 aromatic carbocycles. The molecule has 0 amide bonds. The van der Waals surface area contributed by atoms with Crippen LogP contribution >= 0.6 is 22.6 Å². The van der Waals surface area contributed by atoms with Crippen LogP contribution in [-0.4, -0.2) is 9.78 Å². The molecule has 1 heterocycles. The maximum absolute atomic E-state index is 4.58. The number of rotatable bonds is 3. The summed E-state index contributed by atoms with van der Waals surface area (Å²) in [5.74, 6) is 0. The van der Waals surface area contributed by atoms with E-state index in [1.54, 1.807) is 0 Å². The van der Waals surface area contributed by atoms with Gasteiger partial charge in [0.1, 0.15) is 0 Å². The summed E-state index contributed by atoms with van der Waals surface area (Å²) in [6, 6.07) is 8.43. The molecule has 4 heteroatoms. The molecule has 1 aromatic heterocycles. The molecular weight excluding hydrogens is 349 g/mol. The molecular formula is C15H20IN3. The van der Waals surface area contributed by atoms with Crippen LogP contribution < -0.4 is 5.32 Å². The Balaban J connectivity index is 2.13. The first kappa shape index (κ1) is 14.4. The van der Waals surface area contributed by atoms with Gasteiger partial charge in [-0.15, -0.1) is 0 Å². The number of benzene rings is 1. The fraction of sp³-hybridized carbons (Fsp3) is 0.400. The first-order chi connectivity index (χ1) is 8.86. The molecule has 19 heavy (non-hydrogen) atoms. The summed E-state index contributed by atoms with van der Waals surface area (Å²) < 4.78 is 3.14. The minimum atomic E-state index is 0.0737. The van der Waals surface area contributed by atoms with Gasteiger partial charge in [0, 0.05) is 40.0 Å². The van der Waals surface area contributed by atoms with E-state index in [0.717, 1.165) is 17.9 Å². The van der Waals surface area contributed by atoms with Gasteiger partial charge in [0.25, 0.3) is 0 Å². The molecule has 0 saturated carbocycles. The zero-order chi connectivity index (χ0) is 14.0. The lowest BCUT2D eigenvalue weighted by atomic mass is 9.89. The molecule has 0 aliphatic carbocycles. The van der Waals surface area contributed by atoms with Crippen molar-refractivity contribution in [2.24, 2.45) is 7.05 Å². The molecule has 0 saturated heterocycles. The summed E-state index contributed by atoms with van der Waals surface area (Å²) in [5, 5.41) is 8.04. The summed E-state index contributed by atoms with van der Waals surface area (Å²) in [6.07, 6.45) is 2.10. The summed E-state index contributed by atoms with van der Waals surface area (Å²) >= 11 is 2.31. The number of nitrogens with zero attached hydrogens (tertiary/aromatic N) is 2. The topological polar surface area (TPSA) is 29.9 Å². The van der Waals surface area contributed by atoms with Crippen LogP contribution in [0.25, 0.3) is 0 Å². The molecule has 0 aliphatic rings. The zero-order valence-electron chi connectivity index (χ0n) is 11.9. The van der Waals surface area contributed by atoms with Crippen LogP contribution in [0.15, 0.2) is 30.5 Å². The molecule has 0 aliphatic heterocycles. The van der Waals surface area contributed by atoms with Crippen LogP contribution in [0.3, 0.4) is 0 Å². The van der Waals surface area contributed by atoms with E-state index in [-0.39, 0.29) is 5.41 Å². The maximum atomic E-state index is 4.58. The average molecular weight is 369 g/mol. The number of halogens is 1. The summed E-state index contributed by atoms with van der Waals surface area (Å²) in [6.45, 7) is 7.40. The summed E-state index contributed by atoms with van der Waals surface area (Å²) in [4.78, 5) is 0. The largest absolute Gasteiger partial charge is 0.381 e. The number of aromatic nitrogens is 2. The van der Waals surface area contributed by atoms with Crippen LogP contribution in [0.1, 0.15) is 32.0 Å². The summed E-state index contributed by atoms with van der Waals surface area (Å²) in [5.41, 5.74) is 3.63. The van der Waals surface area contributed by atoms with E-state index in [4.69, 9.17) is 0 Å². The Morgan fingerprint density at radius 2 is 1.84 bits per heavy atom. The number of aryl methyl sites for hydroxylation is 1. The molecule has 1 N–H and O–H groups in total. The van der Waals surface area contributed by atoms with Gasteiger partial charge in [-0.1, -0.05) is 20.8 Å².